The molecule has 0 unspecified atom stereocenters. The highest BCUT2D eigenvalue weighted by Gasteiger charge is 2.05. The maximum absolute atomic E-state index is 3.61. The molecule has 112 valence electrons. The first-order chi connectivity index (χ1) is 10.1. The first-order valence-electron chi connectivity index (χ1n) is 7.29. The molecule has 0 fully saturated rings. The van der Waals surface area contributed by atoms with Gasteiger partial charge in [-0.1, -0.05) is 49.9 Å². The SMILES string of the molecule is Cc1cc(CNCC(C)C)ccc1Sc1ccccc1Br. The normalized spacial score (nSPS) is 11.1. The summed E-state index contributed by atoms with van der Waals surface area (Å²) in [5.41, 5.74) is 2.68. The molecule has 0 saturated carbocycles. The number of halogens is 1. The molecule has 0 radical (unpaired) electrons. The van der Waals surface area contributed by atoms with Gasteiger partial charge in [0, 0.05) is 20.8 Å². The van der Waals surface area contributed by atoms with Gasteiger partial charge in [-0.2, -0.15) is 0 Å². The van der Waals surface area contributed by atoms with Crippen LogP contribution in [0.4, 0.5) is 0 Å². The minimum Gasteiger partial charge on any atom is -0.312 e. The quantitative estimate of drug-likeness (QED) is 0.710. The monoisotopic (exact) mass is 363 g/mol. The fourth-order valence-electron chi connectivity index (χ4n) is 2.09. The lowest BCUT2D eigenvalue weighted by atomic mass is 10.1. The van der Waals surface area contributed by atoms with Crippen LogP contribution in [0.25, 0.3) is 0 Å². The van der Waals surface area contributed by atoms with Crippen LogP contribution in [0.5, 0.6) is 0 Å². The van der Waals surface area contributed by atoms with E-state index in [-0.39, 0.29) is 0 Å². The van der Waals surface area contributed by atoms with Gasteiger partial charge in [0.15, 0.2) is 0 Å². The third-order valence-electron chi connectivity index (χ3n) is 3.18. The van der Waals surface area contributed by atoms with Crippen molar-refractivity contribution in [3.05, 3.63) is 58.1 Å². The minimum absolute atomic E-state index is 0.691. The van der Waals surface area contributed by atoms with Gasteiger partial charge in [-0.3, -0.25) is 0 Å². The van der Waals surface area contributed by atoms with E-state index >= 15 is 0 Å². The standard InChI is InChI=1S/C18H22BrNS/c1-13(2)11-20-12-15-8-9-17(14(3)10-15)21-18-7-5-4-6-16(18)19/h4-10,13,20H,11-12H2,1-3H3. The van der Waals surface area contributed by atoms with Gasteiger partial charge in [0.25, 0.3) is 0 Å². The molecule has 2 aromatic rings. The maximum Gasteiger partial charge on any atom is 0.0314 e. The van der Waals surface area contributed by atoms with Gasteiger partial charge in [0.2, 0.25) is 0 Å². The van der Waals surface area contributed by atoms with Crippen LogP contribution in [-0.2, 0) is 6.54 Å². The maximum atomic E-state index is 3.61. The van der Waals surface area contributed by atoms with E-state index < -0.39 is 0 Å². The Bertz CT molecular complexity index is 596. The van der Waals surface area contributed by atoms with E-state index in [0.29, 0.717) is 5.92 Å². The summed E-state index contributed by atoms with van der Waals surface area (Å²) < 4.78 is 1.15. The van der Waals surface area contributed by atoms with Crippen molar-refractivity contribution >= 4 is 27.7 Å². The topological polar surface area (TPSA) is 12.0 Å². The van der Waals surface area contributed by atoms with E-state index in [1.165, 1.54) is 20.9 Å². The van der Waals surface area contributed by atoms with Crippen LogP contribution in [0.1, 0.15) is 25.0 Å². The largest absolute Gasteiger partial charge is 0.312 e. The first kappa shape index (κ1) is 16.6. The molecule has 0 saturated heterocycles. The second-order valence-corrected chi connectivity index (χ2v) is 7.60. The molecule has 21 heavy (non-hydrogen) atoms. The summed E-state index contributed by atoms with van der Waals surface area (Å²) in [5, 5.41) is 3.49. The van der Waals surface area contributed by atoms with Crippen LogP contribution in [-0.4, -0.2) is 6.54 Å². The number of aryl methyl sites for hydroxylation is 1. The van der Waals surface area contributed by atoms with Crippen molar-refractivity contribution in [2.24, 2.45) is 5.92 Å². The van der Waals surface area contributed by atoms with Gasteiger partial charge >= 0.3 is 0 Å². The minimum atomic E-state index is 0.691. The summed E-state index contributed by atoms with van der Waals surface area (Å²) in [6.07, 6.45) is 0. The molecule has 0 spiro atoms. The van der Waals surface area contributed by atoms with E-state index in [2.05, 4.69) is 78.4 Å². The Morgan fingerprint density at radius 1 is 1.10 bits per heavy atom. The summed E-state index contributed by atoms with van der Waals surface area (Å²) in [4.78, 5) is 2.57. The van der Waals surface area contributed by atoms with E-state index in [0.717, 1.165) is 17.6 Å². The van der Waals surface area contributed by atoms with E-state index in [1.54, 1.807) is 0 Å². The highest BCUT2D eigenvalue weighted by atomic mass is 79.9. The highest BCUT2D eigenvalue weighted by Crippen LogP contribution is 2.35. The Morgan fingerprint density at radius 3 is 2.52 bits per heavy atom. The van der Waals surface area contributed by atoms with Gasteiger partial charge in [0.05, 0.1) is 0 Å². The first-order valence-corrected chi connectivity index (χ1v) is 8.90. The average Bonchev–Trinajstić information content (AvgIpc) is 2.43. The van der Waals surface area contributed by atoms with E-state index in [9.17, 15) is 0 Å². The molecule has 0 aliphatic heterocycles. The molecular formula is C18H22BrNS. The fraction of sp³-hybridized carbons (Fsp3) is 0.333. The number of benzene rings is 2. The molecule has 0 amide bonds. The molecule has 0 bridgehead atoms. The summed E-state index contributed by atoms with van der Waals surface area (Å²) in [6, 6.07) is 15.1. The van der Waals surface area contributed by atoms with Crippen molar-refractivity contribution in [1.29, 1.82) is 0 Å². The van der Waals surface area contributed by atoms with Crippen molar-refractivity contribution in [1.82, 2.24) is 5.32 Å². The number of hydrogen-bond donors (Lipinski definition) is 1. The molecule has 0 aliphatic carbocycles. The zero-order valence-electron chi connectivity index (χ0n) is 12.8. The molecule has 2 aromatic carbocycles. The van der Waals surface area contributed by atoms with Crippen molar-refractivity contribution in [3.8, 4) is 0 Å². The molecule has 0 aliphatic rings. The summed E-state index contributed by atoms with van der Waals surface area (Å²) >= 11 is 5.42. The lowest BCUT2D eigenvalue weighted by Gasteiger charge is -2.11. The molecule has 3 heteroatoms. The third-order valence-corrected chi connectivity index (χ3v) is 5.39. The Labute approximate surface area is 140 Å². The number of nitrogens with one attached hydrogen (secondary N) is 1. The Morgan fingerprint density at radius 2 is 1.86 bits per heavy atom. The summed E-state index contributed by atoms with van der Waals surface area (Å²) in [5.74, 6) is 0.691. The molecule has 0 heterocycles. The van der Waals surface area contributed by atoms with Gasteiger partial charge < -0.3 is 5.32 Å². The lowest BCUT2D eigenvalue weighted by Crippen LogP contribution is -2.18. The molecule has 0 atom stereocenters. The van der Waals surface area contributed by atoms with Crippen LogP contribution < -0.4 is 5.32 Å². The molecular weight excluding hydrogens is 342 g/mol. The zero-order chi connectivity index (χ0) is 15.2. The van der Waals surface area contributed by atoms with Crippen LogP contribution in [0.3, 0.4) is 0 Å². The molecule has 1 nitrogen and oxygen atoms in total. The van der Waals surface area contributed by atoms with Crippen LogP contribution in [0.15, 0.2) is 56.7 Å². The Balaban J connectivity index is 2.04. The van der Waals surface area contributed by atoms with Crippen molar-refractivity contribution in [2.75, 3.05) is 6.54 Å². The van der Waals surface area contributed by atoms with Crippen LogP contribution >= 0.6 is 27.7 Å². The number of hydrogen-bond acceptors (Lipinski definition) is 2. The molecule has 1 N–H and O–H groups in total. The summed E-state index contributed by atoms with van der Waals surface area (Å²) in [6.45, 7) is 8.65. The summed E-state index contributed by atoms with van der Waals surface area (Å²) in [7, 11) is 0. The molecule has 0 aromatic heterocycles. The van der Waals surface area contributed by atoms with Gasteiger partial charge in [-0.15, -0.1) is 0 Å². The van der Waals surface area contributed by atoms with Gasteiger partial charge in [0.1, 0.15) is 0 Å². The van der Waals surface area contributed by atoms with Crippen LogP contribution in [0.2, 0.25) is 0 Å². The Kier molecular flexibility index (Phi) is 6.34. The number of rotatable bonds is 6. The van der Waals surface area contributed by atoms with Crippen molar-refractivity contribution in [2.45, 2.75) is 37.1 Å². The third kappa shape index (κ3) is 5.17. The van der Waals surface area contributed by atoms with Gasteiger partial charge in [-0.05, 0) is 64.6 Å². The highest BCUT2D eigenvalue weighted by molar-refractivity contribution is 9.10. The van der Waals surface area contributed by atoms with E-state index in [4.69, 9.17) is 0 Å². The van der Waals surface area contributed by atoms with Crippen LogP contribution in [0, 0.1) is 12.8 Å². The lowest BCUT2D eigenvalue weighted by molar-refractivity contribution is 0.552. The van der Waals surface area contributed by atoms with Crippen molar-refractivity contribution < 1.29 is 0 Å². The Hall–Kier alpha value is -0.770. The smallest absolute Gasteiger partial charge is 0.0314 e. The van der Waals surface area contributed by atoms with E-state index in [1.807, 2.05) is 17.8 Å². The average molecular weight is 364 g/mol. The second-order valence-electron chi connectivity index (χ2n) is 5.66. The zero-order valence-corrected chi connectivity index (χ0v) is 15.2. The second kappa shape index (κ2) is 8.02. The predicted molar refractivity (Wildman–Crippen MR) is 96.0 cm³/mol. The predicted octanol–water partition coefficient (Wildman–Crippen LogP) is 5.65. The van der Waals surface area contributed by atoms with Gasteiger partial charge in [-0.25, -0.2) is 0 Å². The fourth-order valence-corrected chi connectivity index (χ4v) is 3.52. The molecule has 2 rings (SSSR count). The van der Waals surface area contributed by atoms with Crippen molar-refractivity contribution in [3.63, 3.8) is 0 Å².